The van der Waals surface area contributed by atoms with E-state index < -0.39 is 0 Å². The predicted octanol–water partition coefficient (Wildman–Crippen LogP) is 4.17. The van der Waals surface area contributed by atoms with Crippen molar-refractivity contribution in [3.05, 3.63) is 50.4 Å². The third-order valence-electron chi connectivity index (χ3n) is 3.02. The van der Waals surface area contributed by atoms with Crippen molar-refractivity contribution in [1.29, 1.82) is 0 Å². The number of benzene rings is 1. The second-order valence-corrected chi connectivity index (χ2v) is 6.77. The van der Waals surface area contributed by atoms with Gasteiger partial charge in [0.2, 0.25) is 0 Å². The molecule has 94 valence electrons. The summed E-state index contributed by atoms with van der Waals surface area (Å²) in [5.41, 5.74) is 6.85. The highest BCUT2D eigenvalue weighted by Crippen LogP contribution is 2.42. The SMILES string of the molecule is N[C@H]1CC(c2ccc(Br)s2)Oc2ccc(F)cc21. The van der Waals surface area contributed by atoms with Crippen LogP contribution in [0.15, 0.2) is 34.1 Å². The van der Waals surface area contributed by atoms with Crippen LogP contribution >= 0.6 is 27.3 Å². The number of fused-ring (bicyclic) bond motifs is 1. The molecule has 0 bridgehead atoms. The molecule has 0 spiro atoms. The second kappa shape index (κ2) is 4.64. The van der Waals surface area contributed by atoms with Crippen LogP contribution in [0.5, 0.6) is 5.75 Å². The number of thiophene rings is 1. The second-order valence-electron chi connectivity index (χ2n) is 4.27. The van der Waals surface area contributed by atoms with E-state index in [0.29, 0.717) is 12.2 Å². The average Bonchev–Trinajstić information content (AvgIpc) is 2.77. The summed E-state index contributed by atoms with van der Waals surface area (Å²) in [5, 5.41) is 0. The molecule has 0 radical (unpaired) electrons. The minimum absolute atomic E-state index is 0.0470. The Labute approximate surface area is 117 Å². The fraction of sp³-hybridized carbons (Fsp3) is 0.231. The quantitative estimate of drug-likeness (QED) is 0.853. The maximum Gasteiger partial charge on any atom is 0.135 e. The first-order valence-electron chi connectivity index (χ1n) is 5.60. The summed E-state index contributed by atoms with van der Waals surface area (Å²) in [7, 11) is 0. The molecule has 1 aliphatic heterocycles. The van der Waals surface area contributed by atoms with E-state index in [1.54, 1.807) is 17.4 Å². The Bertz CT molecular complexity index is 586. The molecule has 1 aromatic heterocycles. The number of ether oxygens (including phenoxy) is 1. The van der Waals surface area contributed by atoms with Gasteiger partial charge in [0.15, 0.2) is 0 Å². The number of hydrogen-bond acceptors (Lipinski definition) is 3. The van der Waals surface area contributed by atoms with Gasteiger partial charge in [-0.15, -0.1) is 11.3 Å². The summed E-state index contributed by atoms with van der Waals surface area (Å²) in [5.74, 6) is 0.412. The van der Waals surface area contributed by atoms with E-state index in [4.69, 9.17) is 10.5 Å². The van der Waals surface area contributed by atoms with Crippen molar-refractivity contribution in [2.45, 2.75) is 18.6 Å². The Hall–Kier alpha value is -0.910. The van der Waals surface area contributed by atoms with E-state index in [0.717, 1.165) is 14.2 Å². The smallest absolute Gasteiger partial charge is 0.135 e. The van der Waals surface area contributed by atoms with Gasteiger partial charge in [0.05, 0.1) is 3.79 Å². The largest absolute Gasteiger partial charge is 0.484 e. The summed E-state index contributed by atoms with van der Waals surface area (Å²) < 4.78 is 20.1. The molecule has 2 nitrogen and oxygen atoms in total. The van der Waals surface area contributed by atoms with Crippen LogP contribution in [-0.4, -0.2) is 0 Å². The maximum atomic E-state index is 13.2. The summed E-state index contributed by atoms with van der Waals surface area (Å²) in [6.07, 6.45) is 0.623. The summed E-state index contributed by atoms with van der Waals surface area (Å²) in [4.78, 5) is 1.13. The van der Waals surface area contributed by atoms with Gasteiger partial charge in [-0.1, -0.05) is 0 Å². The molecular formula is C13H11BrFNOS. The van der Waals surface area contributed by atoms with Crippen molar-refractivity contribution in [2.75, 3.05) is 0 Å². The standard InChI is InChI=1S/C13H11BrFNOS/c14-13-4-3-12(18-13)11-6-9(16)8-5-7(15)1-2-10(8)17-11/h1-5,9,11H,6,16H2/t9-,11?/m0/s1. The normalized spacial score (nSPS) is 22.4. The highest BCUT2D eigenvalue weighted by Gasteiger charge is 2.28. The number of halogens is 2. The minimum Gasteiger partial charge on any atom is -0.484 e. The molecule has 2 heterocycles. The monoisotopic (exact) mass is 327 g/mol. The van der Waals surface area contributed by atoms with Crippen molar-refractivity contribution >= 4 is 27.3 Å². The lowest BCUT2D eigenvalue weighted by Gasteiger charge is -2.29. The van der Waals surface area contributed by atoms with Gasteiger partial charge < -0.3 is 10.5 Å². The van der Waals surface area contributed by atoms with Crippen LogP contribution in [0.3, 0.4) is 0 Å². The zero-order chi connectivity index (χ0) is 12.7. The Morgan fingerprint density at radius 1 is 1.33 bits per heavy atom. The van der Waals surface area contributed by atoms with E-state index in [9.17, 15) is 4.39 Å². The lowest BCUT2D eigenvalue weighted by Crippen LogP contribution is -2.23. The fourth-order valence-electron chi connectivity index (χ4n) is 2.15. The van der Waals surface area contributed by atoms with E-state index in [1.165, 1.54) is 12.1 Å². The van der Waals surface area contributed by atoms with Crippen LogP contribution in [0, 0.1) is 5.82 Å². The van der Waals surface area contributed by atoms with Crippen molar-refractivity contribution in [3.8, 4) is 5.75 Å². The van der Waals surface area contributed by atoms with Crippen LogP contribution in [-0.2, 0) is 0 Å². The van der Waals surface area contributed by atoms with Crippen LogP contribution in [0.1, 0.15) is 29.0 Å². The topological polar surface area (TPSA) is 35.2 Å². The van der Waals surface area contributed by atoms with Gasteiger partial charge in [-0.25, -0.2) is 4.39 Å². The highest BCUT2D eigenvalue weighted by atomic mass is 79.9. The van der Waals surface area contributed by atoms with E-state index >= 15 is 0 Å². The lowest BCUT2D eigenvalue weighted by molar-refractivity contribution is 0.164. The molecule has 0 amide bonds. The first-order chi connectivity index (χ1) is 8.63. The van der Waals surface area contributed by atoms with Gasteiger partial charge in [-0.05, 0) is 46.3 Å². The van der Waals surface area contributed by atoms with Crippen molar-refractivity contribution < 1.29 is 9.13 Å². The van der Waals surface area contributed by atoms with Gasteiger partial charge >= 0.3 is 0 Å². The van der Waals surface area contributed by atoms with Gasteiger partial charge in [0, 0.05) is 22.9 Å². The Kier molecular flexibility index (Phi) is 3.13. The average molecular weight is 328 g/mol. The zero-order valence-electron chi connectivity index (χ0n) is 9.40. The van der Waals surface area contributed by atoms with Crippen LogP contribution in [0.2, 0.25) is 0 Å². The number of rotatable bonds is 1. The molecule has 2 atom stereocenters. The molecule has 0 aliphatic carbocycles. The minimum atomic E-state index is -0.273. The van der Waals surface area contributed by atoms with Crippen molar-refractivity contribution in [3.63, 3.8) is 0 Å². The molecular weight excluding hydrogens is 317 g/mol. The van der Waals surface area contributed by atoms with E-state index in [-0.39, 0.29) is 18.0 Å². The Morgan fingerprint density at radius 2 is 2.17 bits per heavy atom. The van der Waals surface area contributed by atoms with E-state index in [1.807, 2.05) is 12.1 Å². The van der Waals surface area contributed by atoms with Crippen LogP contribution < -0.4 is 10.5 Å². The van der Waals surface area contributed by atoms with Crippen LogP contribution in [0.4, 0.5) is 4.39 Å². The highest BCUT2D eigenvalue weighted by molar-refractivity contribution is 9.11. The third-order valence-corrected chi connectivity index (χ3v) is 4.74. The molecule has 18 heavy (non-hydrogen) atoms. The number of hydrogen-bond donors (Lipinski definition) is 1. The first kappa shape index (κ1) is 12.1. The molecule has 0 saturated heterocycles. The number of nitrogens with two attached hydrogens (primary N) is 1. The molecule has 0 fully saturated rings. The van der Waals surface area contributed by atoms with Crippen molar-refractivity contribution in [2.24, 2.45) is 5.73 Å². The Balaban J connectivity index is 1.94. The summed E-state index contributed by atoms with van der Waals surface area (Å²) >= 11 is 5.07. The van der Waals surface area contributed by atoms with Crippen LogP contribution in [0.25, 0.3) is 0 Å². The Morgan fingerprint density at radius 3 is 2.89 bits per heavy atom. The third kappa shape index (κ3) is 2.18. The molecule has 2 N–H and O–H groups in total. The molecule has 1 unspecified atom stereocenters. The van der Waals surface area contributed by atoms with Gasteiger partial charge in [-0.2, -0.15) is 0 Å². The molecule has 0 saturated carbocycles. The van der Waals surface area contributed by atoms with E-state index in [2.05, 4.69) is 15.9 Å². The van der Waals surface area contributed by atoms with Gasteiger partial charge in [0.25, 0.3) is 0 Å². The first-order valence-corrected chi connectivity index (χ1v) is 7.21. The van der Waals surface area contributed by atoms with Gasteiger partial charge in [-0.3, -0.25) is 0 Å². The summed E-state index contributed by atoms with van der Waals surface area (Å²) in [6.45, 7) is 0. The lowest BCUT2D eigenvalue weighted by atomic mass is 9.96. The maximum absolute atomic E-state index is 13.2. The van der Waals surface area contributed by atoms with Crippen molar-refractivity contribution in [1.82, 2.24) is 0 Å². The molecule has 1 aromatic carbocycles. The predicted molar refractivity (Wildman–Crippen MR) is 73.3 cm³/mol. The molecule has 2 aromatic rings. The molecule has 1 aliphatic rings. The van der Waals surface area contributed by atoms with Gasteiger partial charge in [0.1, 0.15) is 17.7 Å². The molecule has 5 heteroatoms. The zero-order valence-corrected chi connectivity index (χ0v) is 11.8. The summed E-state index contributed by atoms with van der Waals surface area (Å²) in [6, 6.07) is 8.35. The molecule has 3 rings (SSSR count). The fourth-order valence-corrected chi connectivity index (χ4v) is 3.62.